The minimum absolute atomic E-state index is 0.409. The summed E-state index contributed by atoms with van der Waals surface area (Å²) >= 11 is 0. The van der Waals surface area contributed by atoms with Gasteiger partial charge in [0.15, 0.2) is 0 Å². The summed E-state index contributed by atoms with van der Waals surface area (Å²) in [5.74, 6) is -2.01. The highest BCUT2D eigenvalue weighted by molar-refractivity contribution is 6.07. The fraction of sp³-hybridized carbons (Fsp3) is 0.476. The van der Waals surface area contributed by atoms with Crippen molar-refractivity contribution in [3.63, 3.8) is 0 Å². The van der Waals surface area contributed by atoms with Gasteiger partial charge in [0.1, 0.15) is 11.5 Å². The van der Waals surface area contributed by atoms with Gasteiger partial charge in [-0.1, -0.05) is 24.3 Å². The lowest BCUT2D eigenvalue weighted by Gasteiger charge is -2.33. The van der Waals surface area contributed by atoms with Crippen LogP contribution < -0.4 is 0 Å². The fourth-order valence-electron chi connectivity index (χ4n) is 3.34. The van der Waals surface area contributed by atoms with E-state index in [0.29, 0.717) is 17.0 Å². The largest absolute Gasteiger partial charge is 0.468 e. The van der Waals surface area contributed by atoms with Crippen molar-refractivity contribution in [1.82, 2.24) is 0 Å². The van der Waals surface area contributed by atoms with Gasteiger partial charge < -0.3 is 9.47 Å². The molecule has 2 atom stereocenters. The van der Waals surface area contributed by atoms with E-state index >= 15 is 0 Å². The maximum atomic E-state index is 13.0. The number of esters is 2. The number of aryl methyl sites for hydroxylation is 1. The summed E-state index contributed by atoms with van der Waals surface area (Å²) in [6, 6.07) is 7.73. The molecule has 0 bridgehead atoms. The Balaban J connectivity index is 2.67. The third kappa shape index (κ3) is 4.03. The summed E-state index contributed by atoms with van der Waals surface area (Å²) in [6.07, 6.45) is 0. The quantitative estimate of drug-likeness (QED) is 0.768. The van der Waals surface area contributed by atoms with Crippen molar-refractivity contribution in [2.75, 3.05) is 7.11 Å². The number of aliphatic imine (C=N–C) groups is 1. The lowest BCUT2D eigenvalue weighted by Crippen LogP contribution is -2.37. The van der Waals surface area contributed by atoms with Crippen molar-refractivity contribution < 1.29 is 19.1 Å². The smallest absolute Gasteiger partial charge is 0.337 e. The number of hydrogen-bond acceptors (Lipinski definition) is 5. The number of allylic oxidation sites excluding steroid dienone is 1. The number of carbonyl (C=O) groups is 2. The molecule has 2 unspecified atom stereocenters. The topological polar surface area (TPSA) is 65.0 Å². The fourth-order valence-corrected chi connectivity index (χ4v) is 3.34. The molecule has 0 N–H and O–H groups in total. The molecule has 1 aliphatic heterocycles. The molecule has 0 fully saturated rings. The molecule has 0 spiro atoms. The maximum absolute atomic E-state index is 13.0. The summed E-state index contributed by atoms with van der Waals surface area (Å²) in [6.45, 7) is 11.0. The highest BCUT2D eigenvalue weighted by atomic mass is 16.6. The number of hydrogen-bond donors (Lipinski definition) is 0. The second kappa shape index (κ2) is 7.44. The zero-order valence-corrected chi connectivity index (χ0v) is 16.5. The van der Waals surface area contributed by atoms with Crippen molar-refractivity contribution >= 4 is 17.7 Å². The van der Waals surface area contributed by atoms with Crippen molar-refractivity contribution in [2.24, 2.45) is 10.9 Å². The van der Waals surface area contributed by atoms with Crippen LogP contribution in [0, 0.1) is 12.8 Å². The van der Waals surface area contributed by atoms with Gasteiger partial charge in [-0.25, -0.2) is 4.79 Å². The first-order valence-electron chi connectivity index (χ1n) is 8.69. The van der Waals surface area contributed by atoms with Crippen molar-refractivity contribution in [2.45, 2.75) is 53.1 Å². The van der Waals surface area contributed by atoms with Crippen LogP contribution in [0.2, 0.25) is 0 Å². The number of carbonyl (C=O) groups excluding carboxylic acids is 2. The number of nitrogens with zero attached hydrogens (tertiary/aromatic N) is 1. The Morgan fingerprint density at radius 1 is 1.08 bits per heavy atom. The van der Waals surface area contributed by atoms with Crippen LogP contribution in [-0.2, 0) is 19.1 Å². The molecular weight excluding hydrogens is 330 g/mol. The van der Waals surface area contributed by atoms with E-state index in [1.807, 2.05) is 52.0 Å². The van der Waals surface area contributed by atoms with E-state index in [2.05, 4.69) is 4.99 Å². The Labute approximate surface area is 155 Å². The minimum Gasteiger partial charge on any atom is -0.468 e. The van der Waals surface area contributed by atoms with Crippen LogP contribution in [0.4, 0.5) is 0 Å². The van der Waals surface area contributed by atoms with Crippen LogP contribution in [0.3, 0.4) is 0 Å². The van der Waals surface area contributed by atoms with Gasteiger partial charge in [-0.05, 0) is 52.7 Å². The number of ether oxygens (including phenoxy) is 2. The van der Waals surface area contributed by atoms with Gasteiger partial charge in [-0.15, -0.1) is 0 Å². The average molecular weight is 357 g/mol. The molecule has 0 aromatic heterocycles. The Morgan fingerprint density at radius 2 is 1.69 bits per heavy atom. The van der Waals surface area contributed by atoms with Crippen LogP contribution in [-0.4, -0.2) is 30.4 Å². The summed E-state index contributed by atoms with van der Waals surface area (Å²) in [4.78, 5) is 30.0. The van der Waals surface area contributed by atoms with Gasteiger partial charge in [0.05, 0.1) is 12.7 Å². The molecule has 1 heterocycles. The van der Waals surface area contributed by atoms with E-state index < -0.39 is 29.4 Å². The summed E-state index contributed by atoms with van der Waals surface area (Å²) in [7, 11) is 1.35. The normalized spacial score (nSPS) is 20.5. The van der Waals surface area contributed by atoms with Gasteiger partial charge in [0.25, 0.3) is 0 Å². The molecule has 1 aromatic rings. The Morgan fingerprint density at radius 3 is 2.23 bits per heavy atom. The van der Waals surface area contributed by atoms with E-state index in [9.17, 15) is 9.59 Å². The second-order valence-electron chi connectivity index (χ2n) is 7.59. The van der Waals surface area contributed by atoms with Crippen molar-refractivity contribution in [3.8, 4) is 0 Å². The molecule has 0 saturated heterocycles. The van der Waals surface area contributed by atoms with Gasteiger partial charge in [-0.3, -0.25) is 9.79 Å². The predicted octanol–water partition coefficient (Wildman–Crippen LogP) is 3.96. The molecule has 5 nitrogen and oxygen atoms in total. The molecule has 5 heteroatoms. The van der Waals surface area contributed by atoms with Crippen molar-refractivity contribution in [3.05, 3.63) is 46.7 Å². The maximum Gasteiger partial charge on any atom is 0.337 e. The standard InChI is InChI=1S/C21H27NO4/c1-12-10-8-9-11-15(12)18-16(19(23)25-7)13(2)22-14(3)17(18)20(24)26-21(4,5)6/h8-11,16,18H,1-7H3. The van der Waals surface area contributed by atoms with Gasteiger partial charge >= 0.3 is 11.9 Å². The van der Waals surface area contributed by atoms with Gasteiger partial charge in [-0.2, -0.15) is 0 Å². The third-order valence-corrected chi connectivity index (χ3v) is 4.43. The molecule has 26 heavy (non-hydrogen) atoms. The molecule has 0 aliphatic carbocycles. The summed E-state index contributed by atoms with van der Waals surface area (Å²) in [5.41, 5.74) is 2.88. The highest BCUT2D eigenvalue weighted by Gasteiger charge is 2.43. The monoisotopic (exact) mass is 357 g/mol. The lowest BCUT2D eigenvalue weighted by molar-refractivity contribution is -0.150. The summed E-state index contributed by atoms with van der Waals surface area (Å²) in [5, 5.41) is 0. The molecule has 0 saturated carbocycles. The summed E-state index contributed by atoms with van der Waals surface area (Å²) < 4.78 is 10.6. The molecule has 140 valence electrons. The number of benzene rings is 1. The minimum atomic E-state index is -0.660. The van der Waals surface area contributed by atoms with Crippen LogP contribution in [0.1, 0.15) is 51.7 Å². The van der Waals surface area contributed by atoms with E-state index in [0.717, 1.165) is 11.1 Å². The highest BCUT2D eigenvalue weighted by Crippen LogP contribution is 2.41. The van der Waals surface area contributed by atoms with Gasteiger partial charge in [0.2, 0.25) is 0 Å². The van der Waals surface area contributed by atoms with E-state index in [-0.39, 0.29) is 0 Å². The number of methoxy groups -OCH3 is 1. The SMILES string of the molecule is COC(=O)C1C(C)=NC(C)=C(C(=O)OC(C)(C)C)C1c1ccccc1C. The Kier molecular flexibility index (Phi) is 5.69. The first-order valence-corrected chi connectivity index (χ1v) is 8.69. The molecular formula is C21H27NO4. The van der Waals surface area contributed by atoms with E-state index in [1.54, 1.807) is 13.8 Å². The van der Waals surface area contributed by atoms with Crippen LogP contribution in [0.5, 0.6) is 0 Å². The first-order chi connectivity index (χ1) is 12.1. The zero-order valence-electron chi connectivity index (χ0n) is 16.5. The second-order valence-corrected chi connectivity index (χ2v) is 7.59. The molecule has 0 amide bonds. The van der Waals surface area contributed by atoms with Gasteiger partial charge in [0, 0.05) is 17.3 Å². The number of rotatable bonds is 3. The third-order valence-electron chi connectivity index (χ3n) is 4.43. The Bertz CT molecular complexity index is 783. The van der Waals surface area contributed by atoms with Crippen LogP contribution >= 0.6 is 0 Å². The predicted molar refractivity (Wildman–Crippen MR) is 101 cm³/mol. The van der Waals surface area contributed by atoms with E-state index in [4.69, 9.17) is 9.47 Å². The lowest BCUT2D eigenvalue weighted by atomic mass is 9.74. The Hall–Kier alpha value is -2.43. The van der Waals surface area contributed by atoms with Crippen molar-refractivity contribution in [1.29, 1.82) is 0 Å². The molecule has 1 aromatic carbocycles. The molecule has 0 radical (unpaired) electrons. The first kappa shape index (κ1) is 19.9. The van der Waals surface area contributed by atoms with E-state index in [1.165, 1.54) is 7.11 Å². The molecule has 2 rings (SSSR count). The van der Waals surface area contributed by atoms with Crippen LogP contribution in [0.25, 0.3) is 0 Å². The average Bonchev–Trinajstić information content (AvgIpc) is 2.52. The van der Waals surface area contributed by atoms with Crippen LogP contribution in [0.15, 0.2) is 40.5 Å². The zero-order chi connectivity index (χ0) is 19.6. The molecule has 1 aliphatic rings.